The molecule has 0 aliphatic carbocycles. The second-order valence-corrected chi connectivity index (χ2v) is 8.88. The molecule has 33 heavy (non-hydrogen) atoms. The fourth-order valence-electron chi connectivity index (χ4n) is 3.88. The van der Waals surface area contributed by atoms with Gasteiger partial charge in [-0.05, 0) is 69.9 Å². The van der Waals surface area contributed by atoms with Gasteiger partial charge in [-0.25, -0.2) is 4.98 Å². The molecule has 1 N–H and O–H groups in total. The molecular weight excluding hydrogens is 438 g/mol. The molecule has 1 aliphatic rings. The number of thioether (sulfide) groups is 1. The molecule has 178 valence electrons. The van der Waals surface area contributed by atoms with E-state index in [1.165, 1.54) is 11.8 Å². The minimum Gasteiger partial charge on any atom is -0.490 e. The van der Waals surface area contributed by atoms with Crippen LogP contribution < -0.4 is 19.7 Å². The summed E-state index contributed by atoms with van der Waals surface area (Å²) in [4.78, 5) is 31.2. The lowest BCUT2D eigenvalue weighted by Crippen LogP contribution is -2.37. The van der Waals surface area contributed by atoms with Crippen LogP contribution in [0.3, 0.4) is 0 Å². The molecule has 0 bridgehead atoms. The summed E-state index contributed by atoms with van der Waals surface area (Å²) in [5.74, 6) is 1.92. The van der Waals surface area contributed by atoms with Crippen LogP contribution in [0, 0.1) is 13.8 Å². The molecule has 2 aromatic rings. The number of fused-ring (bicyclic) bond motifs is 1. The van der Waals surface area contributed by atoms with Crippen LogP contribution >= 0.6 is 11.8 Å². The van der Waals surface area contributed by atoms with E-state index in [4.69, 9.17) is 9.47 Å². The first-order valence-corrected chi connectivity index (χ1v) is 12.5. The summed E-state index contributed by atoms with van der Waals surface area (Å²) in [6.45, 7) is 10.1. The highest BCUT2D eigenvalue weighted by molar-refractivity contribution is 8.00. The van der Waals surface area contributed by atoms with E-state index in [-0.39, 0.29) is 11.8 Å². The van der Waals surface area contributed by atoms with Crippen molar-refractivity contribution >= 4 is 29.3 Å². The molecule has 2 heterocycles. The largest absolute Gasteiger partial charge is 0.490 e. The first kappa shape index (κ1) is 24.9. The Morgan fingerprint density at radius 2 is 1.91 bits per heavy atom. The van der Waals surface area contributed by atoms with Gasteiger partial charge >= 0.3 is 0 Å². The highest BCUT2D eigenvalue weighted by Gasteiger charge is 2.27. The molecule has 1 aromatic heterocycles. The van der Waals surface area contributed by atoms with Gasteiger partial charge in [-0.1, -0.05) is 17.8 Å². The van der Waals surface area contributed by atoms with Crippen molar-refractivity contribution in [2.75, 3.05) is 37.0 Å². The maximum Gasteiger partial charge on any atom is 0.237 e. The van der Waals surface area contributed by atoms with Gasteiger partial charge in [0.05, 0.1) is 24.7 Å². The van der Waals surface area contributed by atoms with Gasteiger partial charge in [0.2, 0.25) is 11.8 Å². The van der Waals surface area contributed by atoms with Crippen molar-refractivity contribution in [3.05, 3.63) is 41.1 Å². The van der Waals surface area contributed by atoms with E-state index >= 15 is 0 Å². The van der Waals surface area contributed by atoms with Crippen molar-refractivity contribution in [2.24, 2.45) is 0 Å². The van der Waals surface area contributed by atoms with Crippen LogP contribution in [-0.2, 0) is 16.0 Å². The smallest absolute Gasteiger partial charge is 0.237 e. The van der Waals surface area contributed by atoms with Crippen LogP contribution in [0.15, 0.2) is 29.3 Å². The van der Waals surface area contributed by atoms with Crippen LogP contribution in [0.25, 0.3) is 0 Å². The molecule has 7 nitrogen and oxygen atoms in total. The molecule has 1 aliphatic heterocycles. The lowest BCUT2D eigenvalue weighted by atomic mass is 10.1. The Hall–Kier alpha value is -2.74. The number of carbonyl (C=O) groups excluding carboxylic acids is 2. The standard InChI is InChI=1S/C25H33N3O4S/c1-5-31-20-10-9-19(15-21(20)32-6-2)11-12-26-22(29)8-7-13-28-23(30)16-33-25-24(28)17(3)14-18(4)27-25/h9-10,14-15H,5-8,11-13,16H2,1-4H3,(H,26,29). The van der Waals surface area contributed by atoms with Gasteiger partial charge in [0, 0.05) is 25.2 Å². The Morgan fingerprint density at radius 1 is 1.15 bits per heavy atom. The number of rotatable bonds is 11. The van der Waals surface area contributed by atoms with Gasteiger partial charge in [0.15, 0.2) is 11.5 Å². The van der Waals surface area contributed by atoms with Gasteiger partial charge in [0.1, 0.15) is 5.03 Å². The molecule has 0 fully saturated rings. The van der Waals surface area contributed by atoms with Crippen molar-refractivity contribution in [1.29, 1.82) is 0 Å². The number of nitrogens with one attached hydrogen (secondary N) is 1. The number of pyridine rings is 1. The monoisotopic (exact) mass is 471 g/mol. The number of benzene rings is 1. The van der Waals surface area contributed by atoms with E-state index in [9.17, 15) is 9.59 Å². The average Bonchev–Trinajstić information content (AvgIpc) is 2.77. The van der Waals surface area contributed by atoms with E-state index in [1.807, 2.05) is 52.0 Å². The zero-order valence-electron chi connectivity index (χ0n) is 19.9. The lowest BCUT2D eigenvalue weighted by molar-refractivity contribution is -0.121. The highest BCUT2D eigenvalue weighted by atomic mass is 32.2. The number of hydrogen-bond donors (Lipinski definition) is 1. The molecule has 3 rings (SSSR count). The zero-order valence-corrected chi connectivity index (χ0v) is 20.7. The van der Waals surface area contributed by atoms with Gasteiger partial charge < -0.3 is 19.7 Å². The molecule has 0 saturated carbocycles. The Balaban J connectivity index is 1.47. The average molecular weight is 472 g/mol. The number of ether oxygens (including phenoxy) is 2. The van der Waals surface area contributed by atoms with E-state index in [2.05, 4.69) is 10.3 Å². The number of aryl methyl sites for hydroxylation is 2. The first-order valence-electron chi connectivity index (χ1n) is 11.5. The molecule has 0 radical (unpaired) electrons. The van der Waals surface area contributed by atoms with E-state index in [0.29, 0.717) is 51.3 Å². The number of anilines is 1. The van der Waals surface area contributed by atoms with Gasteiger partial charge in [-0.3, -0.25) is 9.59 Å². The number of carbonyl (C=O) groups is 2. The Kier molecular flexibility index (Phi) is 9.00. The predicted molar refractivity (Wildman–Crippen MR) is 132 cm³/mol. The van der Waals surface area contributed by atoms with Crippen molar-refractivity contribution < 1.29 is 19.1 Å². The highest BCUT2D eigenvalue weighted by Crippen LogP contribution is 2.36. The third kappa shape index (κ3) is 6.63. The maximum atomic E-state index is 12.5. The number of aromatic nitrogens is 1. The van der Waals surface area contributed by atoms with E-state index in [0.717, 1.165) is 39.0 Å². The van der Waals surface area contributed by atoms with Crippen LogP contribution in [0.5, 0.6) is 11.5 Å². The summed E-state index contributed by atoms with van der Waals surface area (Å²) in [6, 6.07) is 7.87. The Morgan fingerprint density at radius 3 is 2.67 bits per heavy atom. The maximum absolute atomic E-state index is 12.5. The summed E-state index contributed by atoms with van der Waals surface area (Å²) < 4.78 is 11.3. The molecule has 1 aromatic carbocycles. The fourth-order valence-corrected chi connectivity index (χ4v) is 4.91. The summed E-state index contributed by atoms with van der Waals surface area (Å²) >= 11 is 1.49. The zero-order chi connectivity index (χ0) is 23.8. The van der Waals surface area contributed by atoms with Crippen molar-refractivity contribution in [1.82, 2.24) is 10.3 Å². The second-order valence-electron chi connectivity index (χ2n) is 7.92. The molecular formula is C25H33N3O4S. The summed E-state index contributed by atoms with van der Waals surface area (Å²) in [6.07, 6.45) is 1.68. The molecule has 0 unspecified atom stereocenters. The third-order valence-electron chi connectivity index (χ3n) is 5.31. The minimum absolute atomic E-state index is 0.0104. The van der Waals surface area contributed by atoms with E-state index in [1.54, 1.807) is 4.90 Å². The van der Waals surface area contributed by atoms with Crippen LogP contribution in [0.1, 0.15) is 43.5 Å². The second kappa shape index (κ2) is 11.9. The van der Waals surface area contributed by atoms with E-state index < -0.39 is 0 Å². The normalized spacial score (nSPS) is 13.0. The first-order chi connectivity index (χ1) is 15.9. The molecule has 8 heteroatoms. The van der Waals surface area contributed by atoms with Gasteiger partial charge in [-0.2, -0.15) is 0 Å². The predicted octanol–water partition coefficient (Wildman–Crippen LogP) is 4.07. The Bertz CT molecular complexity index is 996. The van der Waals surface area contributed by atoms with Crippen LogP contribution in [-0.4, -0.2) is 48.9 Å². The summed E-state index contributed by atoms with van der Waals surface area (Å²) in [5, 5.41) is 3.88. The Labute approximate surface area is 200 Å². The van der Waals surface area contributed by atoms with Gasteiger partial charge in [0.25, 0.3) is 0 Å². The van der Waals surface area contributed by atoms with Crippen molar-refractivity contribution in [3.8, 4) is 11.5 Å². The molecule has 0 saturated heterocycles. The SMILES string of the molecule is CCOc1ccc(CCNC(=O)CCCN2C(=O)CSc3nc(C)cc(C)c32)cc1OCC. The quantitative estimate of drug-likeness (QED) is 0.532. The number of amides is 2. The molecule has 0 atom stereocenters. The van der Waals surface area contributed by atoms with Crippen LogP contribution in [0.2, 0.25) is 0 Å². The van der Waals surface area contributed by atoms with Gasteiger partial charge in [-0.15, -0.1) is 0 Å². The lowest BCUT2D eigenvalue weighted by Gasteiger charge is -2.30. The number of nitrogens with zero attached hydrogens (tertiary/aromatic N) is 2. The topological polar surface area (TPSA) is 80.8 Å². The molecule has 0 spiro atoms. The van der Waals surface area contributed by atoms with Crippen molar-refractivity contribution in [2.45, 2.75) is 52.0 Å². The summed E-state index contributed by atoms with van der Waals surface area (Å²) in [5.41, 5.74) is 3.97. The fraction of sp³-hybridized carbons (Fsp3) is 0.480. The van der Waals surface area contributed by atoms with Crippen molar-refractivity contribution in [3.63, 3.8) is 0 Å². The number of hydrogen-bond acceptors (Lipinski definition) is 6. The molecule has 2 amide bonds. The minimum atomic E-state index is -0.0104. The summed E-state index contributed by atoms with van der Waals surface area (Å²) in [7, 11) is 0. The van der Waals surface area contributed by atoms with Crippen LogP contribution in [0.4, 0.5) is 5.69 Å². The third-order valence-corrected chi connectivity index (χ3v) is 6.26.